The molecule has 0 aromatic carbocycles. The van der Waals surface area contributed by atoms with Gasteiger partial charge in [0.2, 0.25) is 5.88 Å². The first-order chi connectivity index (χ1) is 9.81. The van der Waals surface area contributed by atoms with Crippen molar-refractivity contribution in [3.05, 3.63) is 35.8 Å². The van der Waals surface area contributed by atoms with Crippen LogP contribution in [0.4, 0.5) is 0 Å². The number of hydrogen-bond donors (Lipinski definition) is 2. The molecule has 0 fully saturated rings. The molecule has 7 heteroatoms. The van der Waals surface area contributed by atoms with Crippen LogP contribution in [-0.4, -0.2) is 38.8 Å². The maximum absolute atomic E-state index is 8.75. The standard InChI is InChI=1S/C13H19N5O2/c1-20-13-4-3-11(8-15-13)7-14-9-12-10-18(17-16-12)5-2-6-19/h3-4,8,10,14,19H,2,5-7,9H2,1H3. The van der Waals surface area contributed by atoms with Gasteiger partial charge in [0.05, 0.1) is 12.8 Å². The second-order valence-corrected chi connectivity index (χ2v) is 4.36. The van der Waals surface area contributed by atoms with Crippen LogP contribution in [0.15, 0.2) is 24.5 Å². The van der Waals surface area contributed by atoms with Crippen LogP contribution < -0.4 is 10.1 Å². The zero-order chi connectivity index (χ0) is 14.2. The van der Waals surface area contributed by atoms with E-state index in [0.29, 0.717) is 31.9 Å². The topological polar surface area (TPSA) is 85.1 Å². The molecule has 2 aromatic rings. The molecule has 0 bridgehead atoms. The third-order valence-electron chi connectivity index (χ3n) is 2.77. The molecule has 0 amide bonds. The van der Waals surface area contributed by atoms with E-state index < -0.39 is 0 Å². The lowest BCUT2D eigenvalue weighted by Crippen LogP contribution is -2.13. The number of ether oxygens (including phenoxy) is 1. The van der Waals surface area contributed by atoms with Crippen LogP contribution in [0.2, 0.25) is 0 Å². The van der Waals surface area contributed by atoms with Gasteiger partial charge in [-0.2, -0.15) is 0 Å². The Labute approximate surface area is 117 Å². The Hall–Kier alpha value is -1.99. The van der Waals surface area contributed by atoms with Crippen LogP contribution >= 0.6 is 0 Å². The molecule has 2 heterocycles. The minimum atomic E-state index is 0.165. The van der Waals surface area contributed by atoms with Crippen LogP contribution in [0.5, 0.6) is 5.88 Å². The lowest BCUT2D eigenvalue weighted by atomic mass is 10.3. The predicted molar refractivity (Wildman–Crippen MR) is 73.1 cm³/mol. The van der Waals surface area contributed by atoms with Gasteiger partial charge in [0.15, 0.2) is 0 Å². The smallest absolute Gasteiger partial charge is 0.212 e. The normalized spacial score (nSPS) is 10.7. The van der Waals surface area contributed by atoms with Crippen molar-refractivity contribution < 1.29 is 9.84 Å². The summed E-state index contributed by atoms with van der Waals surface area (Å²) in [6, 6.07) is 3.80. The van der Waals surface area contributed by atoms with E-state index in [0.717, 1.165) is 11.3 Å². The summed E-state index contributed by atoms with van der Waals surface area (Å²) < 4.78 is 6.75. The third kappa shape index (κ3) is 4.29. The van der Waals surface area contributed by atoms with E-state index in [1.807, 2.05) is 18.3 Å². The van der Waals surface area contributed by atoms with Gasteiger partial charge in [0.25, 0.3) is 0 Å². The number of aromatic nitrogens is 4. The lowest BCUT2D eigenvalue weighted by Gasteiger charge is -2.03. The fourth-order valence-electron chi connectivity index (χ4n) is 1.73. The third-order valence-corrected chi connectivity index (χ3v) is 2.77. The van der Waals surface area contributed by atoms with Crippen molar-refractivity contribution in [2.75, 3.05) is 13.7 Å². The van der Waals surface area contributed by atoms with Gasteiger partial charge in [-0.3, -0.25) is 4.68 Å². The zero-order valence-electron chi connectivity index (χ0n) is 11.5. The number of methoxy groups -OCH3 is 1. The van der Waals surface area contributed by atoms with E-state index in [-0.39, 0.29) is 6.61 Å². The van der Waals surface area contributed by atoms with Crippen LogP contribution in [0, 0.1) is 0 Å². The molecular weight excluding hydrogens is 258 g/mol. The minimum Gasteiger partial charge on any atom is -0.481 e. The van der Waals surface area contributed by atoms with Gasteiger partial charge in [0, 0.05) is 44.7 Å². The van der Waals surface area contributed by atoms with Crippen LogP contribution in [-0.2, 0) is 19.6 Å². The molecule has 20 heavy (non-hydrogen) atoms. The van der Waals surface area contributed by atoms with Gasteiger partial charge < -0.3 is 15.2 Å². The molecule has 0 radical (unpaired) electrons. The molecule has 0 aliphatic heterocycles. The van der Waals surface area contributed by atoms with E-state index in [1.54, 1.807) is 18.0 Å². The molecule has 2 aromatic heterocycles. The Bertz CT molecular complexity index is 512. The highest BCUT2D eigenvalue weighted by Crippen LogP contribution is 2.06. The summed E-state index contributed by atoms with van der Waals surface area (Å²) in [5.41, 5.74) is 1.96. The van der Waals surface area contributed by atoms with E-state index in [4.69, 9.17) is 9.84 Å². The van der Waals surface area contributed by atoms with E-state index in [2.05, 4.69) is 20.6 Å². The van der Waals surface area contributed by atoms with Crippen molar-refractivity contribution in [2.45, 2.75) is 26.1 Å². The predicted octanol–water partition coefficient (Wildman–Crippen LogP) is 0.354. The number of aryl methyl sites for hydroxylation is 1. The molecule has 0 saturated carbocycles. The quantitative estimate of drug-likeness (QED) is 0.724. The maximum atomic E-state index is 8.75. The van der Waals surface area contributed by atoms with E-state index in [1.165, 1.54) is 0 Å². The summed E-state index contributed by atoms with van der Waals surface area (Å²) in [6.45, 7) is 2.20. The Kier molecular flexibility index (Phi) is 5.45. The fourth-order valence-corrected chi connectivity index (χ4v) is 1.73. The molecule has 7 nitrogen and oxygen atoms in total. The Morgan fingerprint density at radius 3 is 2.95 bits per heavy atom. The number of aliphatic hydroxyl groups is 1. The number of rotatable bonds is 8. The maximum Gasteiger partial charge on any atom is 0.212 e. The van der Waals surface area contributed by atoms with Crippen molar-refractivity contribution in [1.29, 1.82) is 0 Å². The first-order valence-corrected chi connectivity index (χ1v) is 6.51. The molecule has 0 aliphatic rings. The Morgan fingerprint density at radius 1 is 1.35 bits per heavy atom. The van der Waals surface area contributed by atoms with Gasteiger partial charge in [-0.1, -0.05) is 11.3 Å². The second kappa shape index (κ2) is 7.56. The van der Waals surface area contributed by atoms with Gasteiger partial charge >= 0.3 is 0 Å². The van der Waals surface area contributed by atoms with Crippen molar-refractivity contribution >= 4 is 0 Å². The van der Waals surface area contributed by atoms with Crippen molar-refractivity contribution in [2.24, 2.45) is 0 Å². The highest BCUT2D eigenvalue weighted by Gasteiger charge is 2.01. The van der Waals surface area contributed by atoms with Gasteiger partial charge in [-0.15, -0.1) is 5.10 Å². The summed E-state index contributed by atoms with van der Waals surface area (Å²) in [6.07, 6.45) is 4.35. The monoisotopic (exact) mass is 277 g/mol. The van der Waals surface area contributed by atoms with E-state index in [9.17, 15) is 0 Å². The first-order valence-electron chi connectivity index (χ1n) is 6.51. The van der Waals surface area contributed by atoms with Crippen LogP contribution in [0.1, 0.15) is 17.7 Å². The molecule has 2 rings (SSSR count). The molecule has 108 valence electrons. The van der Waals surface area contributed by atoms with Crippen molar-refractivity contribution in [3.63, 3.8) is 0 Å². The highest BCUT2D eigenvalue weighted by atomic mass is 16.5. The summed E-state index contributed by atoms with van der Waals surface area (Å²) in [4.78, 5) is 4.14. The Morgan fingerprint density at radius 2 is 2.25 bits per heavy atom. The van der Waals surface area contributed by atoms with Gasteiger partial charge in [-0.05, 0) is 12.0 Å². The number of nitrogens with zero attached hydrogens (tertiary/aromatic N) is 4. The SMILES string of the molecule is COc1ccc(CNCc2cn(CCCO)nn2)cn1. The highest BCUT2D eigenvalue weighted by molar-refractivity contribution is 5.17. The number of pyridine rings is 1. The molecule has 0 atom stereocenters. The van der Waals surface area contributed by atoms with Crippen LogP contribution in [0.3, 0.4) is 0 Å². The molecule has 0 unspecified atom stereocenters. The van der Waals surface area contributed by atoms with Gasteiger partial charge in [0.1, 0.15) is 0 Å². The number of nitrogens with one attached hydrogen (secondary N) is 1. The van der Waals surface area contributed by atoms with Gasteiger partial charge in [-0.25, -0.2) is 4.98 Å². The summed E-state index contributed by atoms with van der Waals surface area (Å²) in [7, 11) is 1.60. The fraction of sp³-hybridized carbons (Fsp3) is 0.462. The van der Waals surface area contributed by atoms with Crippen LogP contribution in [0.25, 0.3) is 0 Å². The molecular formula is C13H19N5O2. The molecule has 0 aliphatic carbocycles. The van der Waals surface area contributed by atoms with E-state index >= 15 is 0 Å². The zero-order valence-corrected chi connectivity index (χ0v) is 11.5. The van der Waals surface area contributed by atoms with Crippen molar-refractivity contribution in [3.8, 4) is 5.88 Å². The van der Waals surface area contributed by atoms with Crippen molar-refractivity contribution in [1.82, 2.24) is 25.3 Å². The first kappa shape index (κ1) is 14.4. The average Bonchev–Trinajstić information content (AvgIpc) is 2.94. The molecule has 2 N–H and O–H groups in total. The number of hydrogen-bond acceptors (Lipinski definition) is 6. The summed E-state index contributed by atoms with van der Waals surface area (Å²) in [5.74, 6) is 0.612. The summed E-state index contributed by atoms with van der Waals surface area (Å²) in [5, 5.41) is 20.1. The number of aliphatic hydroxyl groups excluding tert-OH is 1. The lowest BCUT2D eigenvalue weighted by molar-refractivity contribution is 0.276. The average molecular weight is 277 g/mol. The minimum absolute atomic E-state index is 0.165. The second-order valence-electron chi connectivity index (χ2n) is 4.36. The largest absolute Gasteiger partial charge is 0.481 e. The molecule has 0 spiro atoms. The Balaban J connectivity index is 1.75. The summed E-state index contributed by atoms with van der Waals surface area (Å²) >= 11 is 0. The molecule has 0 saturated heterocycles.